The molecule has 2 rings (SSSR count). The zero-order valence-corrected chi connectivity index (χ0v) is 11.3. The van der Waals surface area contributed by atoms with E-state index in [1.54, 1.807) is 38.1 Å². The van der Waals surface area contributed by atoms with Crippen LogP contribution in [-0.4, -0.2) is 21.9 Å². The zero-order chi connectivity index (χ0) is 14.7. The van der Waals surface area contributed by atoms with Gasteiger partial charge in [0, 0.05) is 0 Å². The summed E-state index contributed by atoms with van der Waals surface area (Å²) in [6.07, 6.45) is 2.18. The van der Waals surface area contributed by atoms with E-state index < -0.39 is 17.8 Å². The number of nitrogens with zero attached hydrogens (tertiary/aromatic N) is 2. The Hall–Kier alpha value is -2.21. The van der Waals surface area contributed by atoms with Crippen molar-refractivity contribution >= 4 is 5.97 Å². The second-order valence-corrected chi connectivity index (χ2v) is 4.66. The van der Waals surface area contributed by atoms with Crippen LogP contribution in [0.1, 0.15) is 25.5 Å². The minimum absolute atomic E-state index is 0.208. The number of ether oxygens (including phenoxy) is 1. The van der Waals surface area contributed by atoms with Crippen molar-refractivity contribution in [1.29, 1.82) is 0 Å². The van der Waals surface area contributed by atoms with Crippen LogP contribution in [-0.2, 0) is 9.53 Å². The van der Waals surface area contributed by atoms with E-state index in [0.717, 1.165) is 6.20 Å². The highest BCUT2D eigenvalue weighted by Gasteiger charge is 2.18. The number of benzene rings is 1. The Morgan fingerprint density at radius 3 is 2.50 bits per heavy atom. The number of aromatic nitrogens is 2. The minimum atomic E-state index is -0.833. The quantitative estimate of drug-likeness (QED) is 0.867. The van der Waals surface area contributed by atoms with Crippen molar-refractivity contribution in [3.63, 3.8) is 0 Å². The third kappa shape index (κ3) is 3.21. The smallest absolute Gasteiger partial charge is 0.327 e. The molecule has 1 aromatic carbocycles. The fourth-order valence-electron chi connectivity index (χ4n) is 1.72. The fraction of sp³-hybridized carbons (Fsp3) is 0.286. The zero-order valence-electron chi connectivity index (χ0n) is 11.3. The Morgan fingerprint density at radius 2 is 2.00 bits per heavy atom. The first kappa shape index (κ1) is 14.2. The predicted molar refractivity (Wildman–Crippen MR) is 71.7 cm³/mol. The molecule has 0 radical (unpaired) electrons. The van der Waals surface area contributed by atoms with E-state index in [1.165, 1.54) is 10.9 Å². The third-order valence-electron chi connectivity index (χ3n) is 2.67. The Bertz CT molecular complexity index is 593. The van der Waals surface area contributed by atoms with Gasteiger partial charge in [-0.25, -0.2) is 13.9 Å². The molecule has 0 aliphatic carbocycles. The van der Waals surface area contributed by atoms with Gasteiger partial charge in [0.25, 0.3) is 0 Å². The van der Waals surface area contributed by atoms with Crippen LogP contribution in [0.15, 0.2) is 36.7 Å². The van der Waals surface area contributed by atoms with Gasteiger partial charge in [-0.2, -0.15) is 5.10 Å². The molecular weight excluding hydrogens is 261 g/mol. The maximum Gasteiger partial charge on any atom is 0.327 e. The number of hydrogen-bond donors (Lipinski definition) is 1. The molecule has 0 spiro atoms. The summed E-state index contributed by atoms with van der Waals surface area (Å²) >= 11 is 0. The number of rotatable bonds is 4. The first-order valence-electron chi connectivity index (χ1n) is 6.24. The Morgan fingerprint density at radius 1 is 1.35 bits per heavy atom. The van der Waals surface area contributed by atoms with Gasteiger partial charge in [-0.15, -0.1) is 0 Å². The first-order chi connectivity index (χ1) is 9.47. The largest absolute Gasteiger partial charge is 0.462 e. The molecule has 0 bridgehead atoms. The Labute approximate surface area is 116 Å². The van der Waals surface area contributed by atoms with Gasteiger partial charge in [-0.05, 0) is 31.5 Å². The van der Waals surface area contributed by atoms with Crippen LogP contribution < -0.4 is 5.73 Å². The molecule has 0 aliphatic heterocycles. The molecule has 1 unspecified atom stereocenters. The summed E-state index contributed by atoms with van der Waals surface area (Å²) in [6.45, 7) is 3.53. The van der Waals surface area contributed by atoms with Crippen molar-refractivity contribution in [2.45, 2.75) is 26.0 Å². The number of nitrogens with two attached hydrogens (primary N) is 1. The number of esters is 1. The van der Waals surface area contributed by atoms with Crippen LogP contribution >= 0.6 is 0 Å². The fourth-order valence-corrected chi connectivity index (χ4v) is 1.72. The number of hydrogen-bond acceptors (Lipinski definition) is 4. The lowest BCUT2D eigenvalue weighted by Crippen LogP contribution is -2.26. The van der Waals surface area contributed by atoms with Gasteiger partial charge in [-0.1, -0.05) is 12.1 Å². The van der Waals surface area contributed by atoms with Crippen molar-refractivity contribution in [2.75, 3.05) is 0 Å². The highest BCUT2D eigenvalue weighted by Crippen LogP contribution is 2.16. The van der Waals surface area contributed by atoms with Gasteiger partial charge in [0.1, 0.15) is 6.04 Å². The number of carbonyl (C=O) groups excluding carboxylic acids is 1. The van der Waals surface area contributed by atoms with E-state index in [9.17, 15) is 9.18 Å². The average Bonchev–Trinajstić information content (AvgIpc) is 2.84. The SMILES string of the molecule is CC(C)OC(=O)C(N)c1ccc(-n2cc(F)cn2)cc1. The maximum absolute atomic E-state index is 12.9. The Kier molecular flexibility index (Phi) is 4.14. The molecule has 1 atom stereocenters. The maximum atomic E-state index is 12.9. The molecule has 0 fully saturated rings. The highest BCUT2D eigenvalue weighted by molar-refractivity contribution is 5.77. The second-order valence-electron chi connectivity index (χ2n) is 4.66. The standard InChI is InChI=1S/C14H16FN3O2/c1-9(2)20-14(19)13(16)10-3-5-12(6-4-10)18-8-11(15)7-17-18/h3-9,13H,16H2,1-2H3. The van der Waals surface area contributed by atoms with E-state index >= 15 is 0 Å². The second kappa shape index (κ2) is 5.83. The summed E-state index contributed by atoms with van der Waals surface area (Å²) in [4.78, 5) is 11.7. The van der Waals surface area contributed by atoms with Crippen molar-refractivity contribution in [3.8, 4) is 5.69 Å². The van der Waals surface area contributed by atoms with Crippen LogP contribution in [0.4, 0.5) is 4.39 Å². The molecule has 0 saturated heterocycles. The van der Waals surface area contributed by atoms with Gasteiger partial charge in [0.15, 0.2) is 5.82 Å². The molecule has 0 saturated carbocycles. The van der Waals surface area contributed by atoms with Gasteiger partial charge < -0.3 is 10.5 Å². The molecule has 6 heteroatoms. The van der Waals surface area contributed by atoms with Gasteiger partial charge in [-0.3, -0.25) is 0 Å². The molecule has 2 aromatic rings. The van der Waals surface area contributed by atoms with Gasteiger partial charge in [0.2, 0.25) is 0 Å². The molecule has 0 amide bonds. The average molecular weight is 277 g/mol. The van der Waals surface area contributed by atoms with E-state index in [1.807, 2.05) is 0 Å². The van der Waals surface area contributed by atoms with E-state index in [0.29, 0.717) is 11.3 Å². The third-order valence-corrected chi connectivity index (χ3v) is 2.67. The predicted octanol–water partition coefficient (Wildman–Crippen LogP) is 1.96. The normalized spacial score (nSPS) is 12.4. The summed E-state index contributed by atoms with van der Waals surface area (Å²) in [5, 5.41) is 3.85. The minimum Gasteiger partial charge on any atom is -0.462 e. The Balaban J connectivity index is 2.13. The van der Waals surface area contributed by atoms with E-state index in [4.69, 9.17) is 10.5 Å². The summed E-state index contributed by atoms with van der Waals surface area (Å²) in [5.41, 5.74) is 7.14. The van der Waals surface area contributed by atoms with Crippen molar-refractivity contribution in [1.82, 2.24) is 9.78 Å². The molecule has 5 nitrogen and oxygen atoms in total. The molecule has 1 aromatic heterocycles. The van der Waals surface area contributed by atoms with Crippen LogP contribution in [0.3, 0.4) is 0 Å². The van der Waals surface area contributed by atoms with Crippen molar-refractivity contribution < 1.29 is 13.9 Å². The van der Waals surface area contributed by atoms with Gasteiger partial charge >= 0.3 is 5.97 Å². The van der Waals surface area contributed by atoms with Crippen molar-refractivity contribution in [3.05, 3.63) is 48.0 Å². The lowest BCUT2D eigenvalue weighted by molar-refractivity contribution is -0.149. The topological polar surface area (TPSA) is 70.1 Å². The lowest BCUT2D eigenvalue weighted by atomic mass is 10.1. The lowest BCUT2D eigenvalue weighted by Gasteiger charge is -2.14. The first-order valence-corrected chi connectivity index (χ1v) is 6.24. The summed E-state index contributed by atoms with van der Waals surface area (Å²) in [7, 11) is 0. The molecular formula is C14H16FN3O2. The summed E-state index contributed by atoms with van der Waals surface area (Å²) in [6, 6.07) is 5.98. The summed E-state index contributed by atoms with van der Waals surface area (Å²) < 4.78 is 19.3. The molecule has 2 N–H and O–H groups in total. The molecule has 0 aliphatic rings. The highest BCUT2D eigenvalue weighted by atomic mass is 19.1. The van der Waals surface area contributed by atoms with Crippen LogP contribution in [0.5, 0.6) is 0 Å². The van der Waals surface area contributed by atoms with E-state index in [-0.39, 0.29) is 6.10 Å². The van der Waals surface area contributed by atoms with Gasteiger partial charge in [0.05, 0.1) is 24.2 Å². The monoisotopic (exact) mass is 277 g/mol. The number of carbonyl (C=O) groups is 1. The van der Waals surface area contributed by atoms with Crippen molar-refractivity contribution in [2.24, 2.45) is 5.73 Å². The molecule has 20 heavy (non-hydrogen) atoms. The number of halogens is 1. The van der Waals surface area contributed by atoms with Crippen LogP contribution in [0, 0.1) is 5.82 Å². The molecule has 106 valence electrons. The van der Waals surface area contributed by atoms with Crippen LogP contribution in [0.25, 0.3) is 5.69 Å². The summed E-state index contributed by atoms with van der Waals surface area (Å²) in [5.74, 6) is -0.885. The van der Waals surface area contributed by atoms with E-state index in [2.05, 4.69) is 5.10 Å². The van der Waals surface area contributed by atoms with Crippen LogP contribution in [0.2, 0.25) is 0 Å². The molecule has 1 heterocycles.